The van der Waals surface area contributed by atoms with Crippen molar-refractivity contribution in [3.63, 3.8) is 0 Å². The monoisotopic (exact) mass is 397 g/mol. The minimum Gasteiger partial charge on any atom is -0.381 e. The van der Waals surface area contributed by atoms with E-state index < -0.39 is 0 Å². The van der Waals surface area contributed by atoms with Gasteiger partial charge in [0.2, 0.25) is 0 Å². The van der Waals surface area contributed by atoms with E-state index >= 15 is 0 Å². The fraction of sp³-hybridized carbons (Fsp3) is 0.611. The highest BCUT2D eigenvalue weighted by atomic mass is 79.9. The number of methoxy groups -OCH3 is 1. The Labute approximate surface area is 152 Å². The first-order valence-electron chi connectivity index (χ1n) is 8.04. The first-order valence-corrected chi connectivity index (χ1v) is 9.89. The van der Waals surface area contributed by atoms with E-state index in [1.165, 1.54) is 0 Å². The number of hydrogen-bond acceptors (Lipinski definition) is 4. The molecule has 0 bridgehead atoms. The van der Waals surface area contributed by atoms with Crippen LogP contribution in [-0.4, -0.2) is 36.3 Å². The van der Waals surface area contributed by atoms with Gasteiger partial charge in [0.15, 0.2) is 0 Å². The topological polar surface area (TPSA) is 31.4 Å². The molecule has 0 radical (unpaired) electrons. The molecule has 23 heavy (non-hydrogen) atoms. The van der Waals surface area contributed by atoms with Crippen molar-refractivity contribution in [1.82, 2.24) is 4.98 Å². The molecule has 0 aromatic carbocycles. The zero-order chi connectivity index (χ0) is 16.7. The smallest absolute Gasteiger partial charge is 0.0974 e. The average molecular weight is 398 g/mol. The molecule has 0 spiro atoms. The van der Waals surface area contributed by atoms with E-state index in [9.17, 15) is 0 Å². The van der Waals surface area contributed by atoms with Gasteiger partial charge in [0.05, 0.1) is 17.0 Å². The summed E-state index contributed by atoms with van der Waals surface area (Å²) in [7, 11) is 1.69. The van der Waals surface area contributed by atoms with Gasteiger partial charge in [-0.15, -0.1) is 11.8 Å². The number of rotatable bonds is 5. The maximum absolute atomic E-state index is 5.47. The molecule has 0 saturated carbocycles. The molecular weight excluding hydrogens is 374 g/mol. The number of pyridine rings is 1. The van der Waals surface area contributed by atoms with Crippen LogP contribution in [0, 0.1) is 17.8 Å². The van der Waals surface area contributed by atoms with Crippen LogP contribution in [-0.2, 0) is 9.47 Å². The van der Waals surface area contributed by atoms with Crippen molar-refractivity contribution >= 4 is 27.7 Å². The molecule has 1 fully saturated rings. The Morgan fingerprint density at radius 2 is 2.22 bits per heavy atom. The van der Waals surface area contributed by atoms with Crippen LogP contribution >= 0.6 is 27.7 Å². The van der Waals surface area contributed by atoms with Crippen molar-refractivity contribution in [1.29, 1.82) is 0 Å². The summed E-state index contributed by atoms with van der Waals surface area (Å²) in [4.78, 5) is 4.48. The van der Waals surface area contributed by atoms with Crippen LogP contribution in [0.2, 0.25) is 0 Å². The molecule has 1 saturated heterocycles. The number of aromatic nitrogens is 1. The van der Waals surface area contributed by atoms with Gasteiger partial charge in [-0.1, -0.05) is 18.8 Å². The maximum Gasteiger partial charge on any atom is 0.0974 e. The van der Waals surface area contributed by atoms with Gasteiger partial charge < -0.3 is 9.47 Å². The van der Waals surface area contributed by atoms with E-state index in [0.717, 1.165) is 47.5 Å². The zero-order valence-electron chi connectivity index (χ0n) is 14.0. The lowest BCUT2D eigenvalue weighted by molar-refractivity contribution is 0.0692. The first kappa shape index (κ1) is 18.8. The van der Waals surface area contributed by atoms with Gasteiger partial charge in [-0.05, 0) is 53.4 Å². The van der Waals surface area contributed by atoms with Gasteiger partial charge >= 0.3 is 0 Å². The van der Waals surface area contributed by atoms with Gasteiger partial charge in [-0.2, -0.15) is 0 Å². The molecule has 2 heterocycles. The summed E-state index contributed by atoms with van der Waals surface area (Å²) in [5, 5.41) is 0.375. The van der Waals surface area contributed by atoms with Gasteiger partial charge in [0.25, 0.3) is 0 Å². The van der Waals surface area contributed by atoms with E-state index in [1.54, 1.807) is 7.11 Å². The van der Waals surface area contributed by atoms with E-state index in [-0.39, 0.29) is 6.10 Å². The van der Waals surface area contributed by atoms with Crippen molar-refractivity contribution in [2.24, 2.45) is 5.92 Å². The molecule has 0 N–H and O–H groups in total. The Bertz CT molecular complexity index is 564. The number of hydrogen-bond donors (Lipinski definition) is 0. The van der Waals surface area contributed by atoms with Crippen LogP contribution in [0.4, 0.5) is 0 Å². The summed E-state index contributed by atoms with van der Waals surface area (Å²) in [5.41, 5.74) is 1.85. The van der Waals surface area contributed by atoms with Crippen molar-refractivity contribution in [3.05, 3.63) is 28.0 Å². The molecule has 1 aliphatic rings. The Morgan fingerprint density at radius 3 is 2.83 bits per heavy atom. The van der Waals surface area contributed by atoms with Crippen molar-refractivity contribution in [2.75, 3.05) is 26.1 Å². The number of ether oxygens (including phenoxy) is 2. The fourth-order valence-electron chi connectivity index (χ4n) is 2.58. The highest BCUT2D eigenvalue weighted by molar-refractivity contribution is 9.10. The molecule has 3 nitrogen and oxygen atoms in total. The van der Waals surface area contributed by atoms with Crippen molar-refractivity contribution < 1.29 is 9.47 Å². The minimum absolute atomic E-state index is 0.0305. The summed E-state index contributed by atoms with van der Waals surface area (Å²) in [6.07, 6.45) is 4.02. The van der Waals surface area contributed by atoms with Crippen LogP contribution in [0.1, 0.15) is 44.1 Å². The second-order valence-corrected chi connectivity index (χ2v) is 7.84. The number of thioether (sulfide) groups is 1. The highest BCUT2D eigenvalue weighted by Gasteiger charge is 2.22. The summed E-state index contributed by atoms with van der Waals surface area (Å²) < 4.78 is 11.7. The van der Waals surface area contributed by atoms with Crippen LogP contribution in [0.5, 0.6) is 0 Å². The van der Waals surface area contributed by atoms with E-state index in [2.05, 4.69) is 39.7 Å². The maximum atomic E-state index is 5.47. The largest absolute Gasteiger partial charge is 0.381 e. The molecular formula is C18H24BrNO2S. The number of nitrogens with zero attached hydrogens (tertiary/aromatic N) is 1. The third-order valence-electron chi connectivity index (χ3n) is 4.01. The van der Waals surface area contributed by atoms with Gasteiger partial charge in [0.1, 0.15) is 0 Å². The van der Waals surface area contributed by atoms with E-state index in [4.69, 9.17) is 9.47 Å². The first-order chi connectivity index (χ1) is 11.2. The van der Waals surface area contributed by atoms with Gasteiger partial charge in [-0.3, -0.25) is 4.98 Å². The predicted octanol–water partition coefficient (Wildman–Crippen LogP) is 4.45. The second kappa shape index (κ2) is 9.68. The summed E-state index contributed by atoms with van der Waals surface area (Å²) in [6.45, 7) is 5.91. The quantitative estimate of drug-likeness (QED) is 0.686. The molecule has 1 aliphatic heterocycles. The van der Waals surface area contributed by atoms with Crippen molar-refractivity contribution in [3.8, 4) is 11.8 Å². The zero-order valence-corrected chi connectivity index (χ0v) is 16.4. The molecule has 0 aliphatic carbocycles. The molecule has 2 rings (SSSR count). The van der Waals surface area contributed by atoms with E-state index in [1.807, 2.05) is 30.9 Å². The van der Waals surface area contributed by atoms with E-state index in [0.29, 0.717) is 11.2 Å². The molecule has 0 amide bonds. The standard InChI is InChI=1S/C18H24BrNO2S/c1-4-23-17(15-7-9-22-10-8-15)6-5-14-11-16(19)18(20-12-14)13(2)21-3/h11-13,15,17H,4,7-10H2,1-3H3/t13-,17?/m0/s1. The third kappa shape index (κ3) is 5.49. The van der Waals surface area contributed by atoms with Gasteiger partial charge in [-0.25, -0.2) is 0 Å². The average Bonchev–Trinajstić information content (AvgIpc) is 2.58. The summed E-state index contributed by atoms with van der Waals surface area (Å²) in [6, 6.07) is 2.03. The highest BCUT2D eigenvalue weighted by Crippen LogP contribution is 2.28. The van der Waals surface area contributed by atoms with Gasteiger partial charge in [0, 0.05) is 36.6 Å². The Kier molecular flexibility index (Phi) is 7.91. The summed E-state index contributed by atoms with van der Waals surface area (Å²) in [5.74, 6) is 8.49. The molecule has 1 aromatic rings. The molecule has 126 valence electrons. The van der Waals surface area contributed by atoms with Crippen LogP contribution < -0.4 is 0 Å². The molecule has 2 atom stereocenters. The molecule has 1 unspecified atom stereocenters. The lowest BCUT2D eigenvalue weighted by Crippen LogP contribution is -2.24. The molecule has 5 heteroatoms. The second-order valence-electron chi connectivity index (χ2n) is 5.56. The van der Waals surface area contributed by atoms with Crippen LogP contribution in [0.3, 0.4) is 0 Å². The third-order valence-corrected chi connectivity index (χ3v) is 5.84. The minimum atomic E-state index is -0.0305. The lowest BCUT2D eigenvalue weighted by atomic mass is 9.96. The van der Waals surface area contributed by atoms with Crippen LogP contribution in [0.25, 0.3) is 0 Å². The summed E-state index contributed by atoms with van der Waals surface area (Å²) >= 11 is 5.51. The predicted molar refractivity (Wildman–Crippen MR) is 99.7 cm³/mol. The normalized spacial score (nSPS) is 18.1. The fourth-order valence-corrected chi connectivity index (χ4v) is 4.29. The van der Waals surface area contributed by atoms with Crippen LogP contribution in [0.15, 0.2) is 16.7 Å². The molecule has 1 aromatic heterocycles. The Balaban J connectivity index is 2.12. The SMILES string of the molecule is CCSC(C#Cc1cnc([C@H](C)OC)c(Br)c1)C1CCOCC1. The Hall–Kier alpha value is -0.540. The number of halogens is 1. The lowest BCUT2D eigenvalue weighted by Gasteiger charge is -2.26. The Morgan fingerprint density at radius 1 is 1.48 bits per heavy atom. The van der Waals surface area contributed by atoms with Crippen molar-refractivity contribution in [2.45, 2.75) is 38.0 Å².